The van der Waals surface area contributed by atoms with E-state index in [-0.39, 0.29) is 30.6 Å². The van der Waals surface area contributed by atoms with Gasteiger partial charge in [0.05, 0.1) is 5.69 Å². The summed E-state index contributed by atoms with van der Waals surface area (Å²) >= 11 is 0. The molecule has 31 heavy (non-hydrogen) atoms. The second kappa shape index (κ2) is 9.39. The number of carbonyl (C=O) groups excluding carboxylic acids is 3. The second-order valence-corrected chi connectivity index (χ2v) is 7.62. The third-order valence-corrected chi connectivity index (χ3v) is 5.44. The minimum atomic E-state index is -0.197. The van der Waals surface area contributed by atoms with Crippen molar-refractivity contribution in [2.45, 2.75) is 25.8 Å². The molecule has 156 valence electrons. The summed E-state index contributed by atoms with van der Waals surface area (Å²) in [5.41, 5.74) is 3.29. The summed E-state index contributed by atoms with van der Waals surface area (Å²) in [4.78, 5) is 40.3. The van der Waals surface area contributed by atoms with Crippen molar-refractivity contribution >= 4 is 23.4 Å². The summed E-state index contributed by atoms with van der Waals surface area (Å²) in [7, 11) is 0. The van der Waals surface area contributed by atoms with Crippen LogP contribution in [0.5, 0.6) is 0 Å². The molecule has 0 atom stereocenters. The number of hydrogen-bond donors (Lipinski definition) is 0. The average molecular weight is 412 g/mol. The molecule has 5 heteroatoms. The van der Waals surface area contributed by atoms with Gasteiger partial charge in [-0.1, -0.05) is 60.7 Å². The molecule has 4 rings (SSSR count). The molecule has 0 unspecified atom stereocenters. The molecule has 1 heterocycles. The molecule has 0 aliphatic carbocycles. The van der Waals surface area contributed by atoms with Gasteiger partial charge >= 0.3 is 0 Å². The standard InChI is InChI=1S/C26H24N2O3/c29-24-15-16-25(30)28(24)23-13-11-22(12-14-23)26(31)27(19-21-9-5-2-6-10-21)18-17-20-7-3-1-4-8-20/h1-14H,15-19H2. The Morgan fingerprint density at radius 1 is 0.742 bits per heavy atom. The predicted octanol–water partition coefficient (Wildman–Crippen LogP) is 4.23. The molecule has 1 saturated heterocycles. The molecule has 1 aliphatic rings. The highest BCUT2D eigenvalue weighted by Gasteiger charge is 2.30. The van der Waals surface area contributed by atoms with Gasteiger partial charge in [0.2, 0.25) is 11.8 Å². The van der Waals surface area contributed by atoms with E-state index >= 15 is 0 Å². The smallest absolute Gasteiger partial charge is 0.254 e. The van der Waals surface area contributed by atoms with Gasteiger partial charge in [-0.15, -0.1) is 0 Å². The van der Waals surface area contributed by atoms with E-state index in [9.17, 15) is 14.4 Å². The lowest BCUT2D eigenvalue weighted by molar-refractivity contribution is -0.121. The highest BCUT2D eigenvalue weighted by atomic mass is 16.2. The number of anilines is 1. The Hall–Kier alpha value is -3.73. The van der Waals surface area contributed by atoms with Crippen LogP contribution in [-0.4, -0.2) is 29.2 Å². The Balaban J connectivity index is 1.52. The van der Waals surface area contributed by atoms with Crippen LogP contribution in [0.1, 0.15) is 34.3 Å². The highest BCUT2D eigenvalue weighted by Crippen LogP contribution is 2.23. The second-order valence-electron chi connectivity index (χ2n) is 7.62. The summed E-state index contributed by atoms with van der Waals surface area (Å²) in [6.45, 7) is 1.10. The molecule has 5 nitrogen and oxygen atoms in total. The average Bonchev–Trinajstić information content (AvgIpc) is 3.15. The molecule has 1 aliphatic heterocycles. The van der Waals surface area contributed by atoms with Gasteiger partial charge in [0.1, 0.15) is 0 Å². The highest BCUT2D eigenvalue weighted by molar-refractivity contribution is 6.19. The summed E-state index contributed by atoms with van der Waals surface area (Å²) in [5.74, 6) is -0.472. The van der Waals surface area contributed by atoms with E-state index in [1.807, 2.05) is 53.4 Å². The van der Waals surface area contributed by atoms with E-state index in [1.54, 1.807) is 24.3 Å². The molecular formula is C26H24N2O3. The first-order valence-corrected chi connectivity index (χ1v) is 10.4. The van der Waals surface area contributed by atoms with Gasteiger partial charge < -0.3 is 4.90 Å². The molecule has 3 aromatic rings. The van der Waals surface area contributed by atoms with Crippen LogP contribution in [-0.2, 0) is 22.6 Å². The van der Waals surface area contributed by atoms with E-state index in [4.69, 9.17) is 0 Å². The molecule has 0 spiro atoms. The molecule has 3 amide bonds. The Kier molecular flexibility index (Phi) is 6.22. The van der Waals surface area contributed by atoms with Crippen LogP contribution in [0.4, 0.5) is 5.69 Å². The maximum atomic E-state index is 13.3. The minimum Gasteiger partial charge on any atom is -0.334 e. The van der Waals surface area contributed by atoms with Crippen molar-refractivity contribution in [1.82, 2.24) is 4.90 Å². The zero-order valence-electron chi connectivity index (χ0n) is 17.2. The van der Waals surface area contributed by atoms with Gasteiger partial charge in [0.25, 0.3) is 5.91 Å². The van der Waals surface area contributed by atoms with Crippen LogP contribution in [0.2, 0.25) is 0 Å². The number of benzene rings is 3. The van der Waals surface area contributed by atoms with Gasteiger partial charge in [0.15, 0.2) is 0 Å². The number of rotatable bonds is 7. The first kappa shape index (κ1) is 20.5. The van der Waals surface area contributed by atoms with Crippen LogP contribution in [0.15, 0.2) is 84.9 Å². The van der Waals surface area contributed by atoms with Crippen molar-refractivity contribution < 1.29 is 14.4 Å². The summed E-state index contributed by atoms with van der Waals surface area (Å²) < 4.78 is 0. The molecule has 0 saturated carbocycles. The number of carbonyl (C=O) groups is 3. The topological polar surface area (TPSA) is 57.7 Å². The van der Waals surface area contributed by atoms with Crippen LogP contribution < -0.4 is 4.90 Å². The Morgan fingerprint density at radius 3 is 1.87 bits per heavy atom. The van der Waals surface area contributed by atoms with Crippen LogP contribution in [0.3, 0.4) is 0 Å². The van der Waals surface area contributed by atoms with Crippen LogP contribution >= 0.6 is 0 Å². The molecule has 0 bridgehead atoms. The van der Waals surface area contributed by atoms with E-state index in [0.717, 1.165) is 12.0 Å². The normalized spacial score (nSPS) is 13.5. The monoisotopic (exact) mass is 412 g/mol. The van der Waals surface area contributed by atoms with Crippen LogP contribution in [0, 0.1) is 0 Å². The van der Waals surface area contributed by atoms with Crippen molar-refractivity contribution in [3.63, 3.8) is 0 Å². The molecule has 1 fully saturated rings. The van der Waals surface area contributed by atoms with E-state index in [2.05, 4.69) is 12.1 Å². The number of nitrogens with zero attached hydrogens (tertiary/aromatic N) is 2. The van der Waals surface area contributed by atoms with Gasteiger partial charge in [-0.25, -0.2) is 0 Å². The molecule has 0 radical (unpaired) electrons. The minimum absolute atomic E-state index is 0.0783. The molecular weight excluding hydrogens is 388 g/mol. The number of amides is 3. The van der Waals surface area contributed by atoms with Crippen molar-refractivity contribution in [2.75, 3.05) is 11.4 Å². The first-order chi connectivity index (χ1) is 15.1. The molecule has 0 aromatic heterocycles. The Bertz CT molecular complexity index is 1050. The zero-order chi connectivity index (χ0) is 21.6. The van der Waals surface area contributed by atoms with Gasteiger partial charge in [0, 0.05) is 31.5 Å². The van der Waals surface area contributed by atoms with E-state index in [1.165, 1.54) is 10.5 Å². The largest absolute Gasteiger partial charge is 0.334 e. The maximum absolute atomic E-state index is 13.3. The van der Waals surface area contributed by atoms with Crippen molar-refractivity contribution in [2.24, 2.45) is 0 Å². The van der Waals surface area contributed by atoms with E-state index < -0.39 is 0 Å². The van der Waals surface area contributed by atoms with Gasteiger partial charge in [-0.05, 0) is 41.8 Å². The third kappa shape index (κ3) is 4.89. The Labute approximate surface area is 181 Å². The van der Waals surface area contributed by atoms with Crippen molar-refractivity contribution in [3.05, 3.63) is 102 Å². The Morgan fingerprint density at radius 2 is 1.29 bits per heavy atom. The SMILES string of the molecule is O=C(c1ccc(N2C(=O)CCC2=O)cc1)N(CCc1ccccc1)Cc1ccccc1. The number of imide groups is 1. The van der Waals surface area contributed by atoms with Crippen molar-refractivity contribution in [3.8, 4) is 0 Å². The van der Waals surface area contributed by atoms with Crippen LogP contribution in [0.25, 0.3) is 0 Å². The molecule has 0 N–H and O–H groups in total. The van der Waals surface area contributed by atoms with E-state index in [0.29, 0.717) is 24.3 Å². The third-order valence-electron chi connectivity index (χ3n) is 5.44. The quantitative estimate of drug-likeness (QED) is 0.546. The summed E-state index contributed by atoms with van der Waals surface area (Å²) in [6, 6.07) is 26.7. The fraction of sp³-hybridized carbons (Fsp3) is 0.192. The first-order valence-electron chi connectivity index (χ1n) is 10.4. The lowest BCUT2D eigenvalue weighted by Gasteiger charge is -2.23. The number of hydrogen-bond acceptors (Lipinski definition) is 3. The lowest BCUT2D eigenvalue weighted by atomic mass is 10.1. The van der Waals surface area contributed by atoms with Gasteiger partial charge in [-0.2, -0.15) is 0 Å². The fourth-order valence-corrected chi connectivity index (χ4v) is 3.77. The van der Waals surface area contributed by atoms with Gasteiger partial charge in [-0.3, -0.25) is 19.3 Å². The summed E-state index contributed by atoms with van der Waals surface area (Å²) in [6.07, 6.45) is 1.24. The zero-order valence-corrected chi connectivity index (χ0v) is 17.2. The predicted molar refractivity (Wildman–Crippen MR) is 119 cm³/mol. The maximum Gasteiger partial charge on any atom is 0.254 e. The lowest BCUT2D eigenvalue weighted by Crippen LogP contribution is -2.32. The van der Waals surface area contributed by atoms with Crippen molar-refractivity contribution in [1.29, 1.82) is 0 Å². The summed E-state index contributed by atoms with van der Waals surface area (Å²) in [5, 5.41) is 0. The fourth-order valence-electron chi connectivity index (χ4n) is 3.77. The molecule has 3 aromatic carbocycles.